The topological polar surface area (TPSA) is 101 Å². The van der Waals surface area contributed by atoms with E-state index in [0.717, 1.165) is 11.3 Å². The summed E-state index contributed by atoms with van der Waals surface area (Å²) in [4.78, 5) is 36.4. The molecule has 9 nitrogen and oxygen atoms in total. The number of ether oxygens (including phenoxy) is 1. The van der Waals surface area contributed by atoms with Crippen LogP contribution in [0.3, 0.4) is 0 Å². The van der Waals surface area contributed by atoms with Crippen molar-refractivity contribution in [2.45, 2.75) is 13.0 Å². The Labute approximate surface area is 179 Å². The molecule has 3 aromatic rings. The minimum atomic E-state index is -0.971. The SMILES string of the molecule is COc1ccc(-c2nc(C(=O)N3CCN(C(=O)O)CC3C)cn2-c2ccccc2)cn1. The van der Waals surface area contributed by atoms with E-state index in [4.69, 9.17) is 4.74 Å². The molecule has 1 unspecified atom stereocenters. The normalized spacial score (nSPS) is 16.3. The molecule has 1 atom stereocenters. The number of hydrogen-bond donors (Lipinski definition) is 1. The van der Waals surface area contributed by atoms with Crippen LogP contribution in [-0.2, 0) is 0 Å². The molecular weight excluding hydrogens is 398 g/mol. The standard InChI is InChI=1S/C22H23N5O4/c1-15-13-25(22(29)30)10-11-26(15)21(28)18-14-27(17-6-4-3-5-7-17)20(24-18)16-8-9-19(31-2)23-12-16/h3-9,12,14-15H,10-11,13H2,1-2H3,(H,29,30). The van der Waals surface area contributed by atoms with Crippen LogP contribution in [0.25, 0.3) is 17.1 Å². The highest BCUT2D eigenvalue weighted by molar-refractivity contribution is 5.93. The molecule has 1 saturated heterocycles. The maximum absolute atomic E-state index is 13.3. The minimum Gasteiger partial charge on any atom is -0.481 e. The fourth-order valence-corrected chi connectivity index (χ4v) is 3.69. The molecule has 1 aromatic carbocycles. The molecule has 1 aliphatic heterocycles. The Hall–Kier alpha value is -3.88. The Morgan fingerprint density at radius 3 is 2.52 bits per heavy atom. The van der Waals surface area contributed by atoms with Crippen LogP contribution in [0.2, 0.25) is 0 Å². The van der Waals surface area contributed by atoms with Crippen LogP contribution in [-0.4, -0.2) is 74.2 Å². The first-order valence-electron chi connectivity index (χ1n) is 9.92. The summed E-state index contributed by atoms with van der Waals surface area (Å²) < 4.78 is 6.99. The molecule has 2 amide bonds. The highest BCUT2D eigenvalue weighted by Crippen LogP contribution is 2.25. The summed E-state index contributed by atoms with van der Waals surface area (Å²) in [6.45, 7) is 2.72. The van der Waals surface area contributed by atoms with E-state index in [0.29, 0.717) is 23.9 Å². The lowest BCUT2D eigenvalue weighted by Crippen LogP contribution is -2.55. The van der Waals surface area contributed by atoms with Gasteiger partial charge in [0, 0.05) is 55.4 Å². The summed E-state index contributed by atoms with van der Waals surface area (Å²) in [5.41, 5.74) is 1.90. The minimum absolute atomic E-state index is 0.227. The summed E-state index contributed by atoms with van der Waals surface area (Å²) in [6, 6.07) is 13.0. The predicted octanol–water partition coefficient (Wildman–Crippen LogP) is 2.77. The third kappa shape index (κ3) is 4.07. The quantitative estimate of drug-likeness (QED) is 0.695. The second-order valence-corrected chi connectivity index (χ2v) is 7.32. The lowest BCUT2D eigenvalue weighted by molar-refractivity contribution is 0.0479. The van der Waals surface area contributed by atoms with Crippen molar-refractivity contribution in [2.75, 3.05) is 26.7 Å². The number of para-hydroxylation sites is 1. The first kappa shape index (κ1) is 20.4. The predicted molar refractivity (Wildman–Crippen MR) is 113 cm³/mol. The lowest BCUT2D eigenvalue weighted by atomic mass is 10.2. The number of carbonyl (C=O) groups is 2. The third-order valence-corrected chi connectivity index (χ3v) is 5.32. The van der Waals surface area contributed by atoms with Crippen LogP contribution < -0.4 is 4.74 Å². The molecule has 2 aromatic heterocycles. The molecule has 0 radical (unpaired) electrons. The number of pyridine rings is 1. The molecule has 0 spiro atoms. The van der Waals surface area contributed by atoms with Gasteiger partial charge in [-0.05, 0) is 25.1 Å². The zero-order chi connectivity index (χ0) is 22.0. The number of amides is 2. The smallest absolute Gasteiger partial charge is 0.407 e. The number of imidazole rings is 1. The molecular formula is C22H23N5O4. The van der Waals surface area contributed by atoms with Crippen LogP contribution >= 0.6 is 0 Å². The fourth-order valence-electron chi connectivity index (χ4n) is 3.69. The number of carbonyl (C=O) groups excluding carboxylic acids is 1. The highest BCUT2D eigenvalue weighted by Gasteiger charge is 2.31. The molecule has 0 bridgehead atoms. The number of hydrogen-bond acceptors (Lipinski definition) is 5. The van der Waals surface area contributed by atoms with Crippen molar-refractivity contribution in [3.05, 3.63) is 60.6 Å². The van der Waals surface area contributed by atoms with Gasteiger partial charge in [-0.15, -0.1) is 0 Å². The van der Waals surface area contributed by atoms with E-state index in [-0.39, 0.29) is 25.0 Å². The number of aromatic nitrogens is 3. The van der Waals surface area contributed by atoms with Gasteiger partial charge in [0.05, 0.1) is 7.11 Å². The van der Waals surface area contributed by atoms with E-state index < -0.39 is 6.09 Å². The maximum Gasteiger partial charge on any atom is 0.407 e. The first-order chi connectivity index (χ1) is 15.0. The number of carboxylic acid groups (broad SMARTS) is 1. The molecule has 160 valence electrons. The van der Waals surface area contributed by atoms with Gasteiger partial charge in [-0.2, -0.15) is 0 Å². The van der Waals surface area contributed by atoms with Gasteiger partial charge in [0.15, 0.2) is 0 Å². The summed E-state index contributed by atoms with van der Waals surface area (Å²) in [5.74, 6) is 0.847. The Bertz CT molecular complexity index is 1080. The Morgan fingerprint density at radius 1 is 1.13 bits per heavy atom. The molecule has 1 fully saturated rings. The van der Waals surface area contributed by atoms with Gasteiger partial charge in [0.1, 0.15) is 11.5 Å². The Morgan fingerprint density at radius 2 is 1.90 bits per heavy atom. The van der Waals surface area contributed by atoms with Crippen molar-refractivity contribution in [2.24, 2.45) is 0 Å². The largest absolute Gasteiger partial charge is 0.481 e. The van der Waals surface area contributed by atoms with Crippen molar-refractivity contribution in [1.82, 2.24) is 24.3 Å². The van der Waals surface area contributed by atoms with Gasteiger partial charge >= 0.3 is 6.09 Å². The van der Waals surface area contributed by atoms with Crippen molar-refractivity contribution in [3.63, 3.8) is 0 Å². The zero-order valence-corrected chi connectivity index (χ0v) is 17.3. The summed E-state index contributed by atoms with van der Waals surface area (Å²) in [6.07, 6.45) is 2.40. The first-order valence-corrected chi connectivity index (χ1v) is 9.92. The van der Waals surface area contributed by atoms with E-state index in [1.54, 1.807) is 30.5 Å². The average molecular weight is 421 g/mol. The summed E-state index contributed by atoms with van der Waals surface area (Å²) >= 11 is 0. The van der Waals surface area contributed by atoms with Crippen LogP contribution in [0.4, 0.5) is 4.79 Å². The van der Waals surface area contributed by atoms with Crippen LogP contribution in [0.5, 0.6) is 5.88 Å². The average Bonchev–Trinajstić information content (AvgIpc) is 3.24. The number of piperazine rings is 1. The van der Waals surface area contributed by atoms with Gasteiger partial charge in [0.25, 0.3) is 5.91 Å². The van der Waals surface area contributed by atoms with Gasteiger partial charge in [-0.3, -0.25) is 9.36 Å². The summed E-state index contributed by atoms with van der Waals surface area (Å²) in [7, 11) is 1.55. The third-order valence-electron chi connectivity index (χ3n) is 5.32. The molecule has 4 rings (SSSR count). The van der Waals surface area contributed by atoms with Gasteiger partial charge in [0.2, 0.25) is 5.88 Å². The molecule has 0 aliphatic carbocycles. The van der Waals surface area contributed by atoms with E-state index in [1.807, 2.05) is 47.9 Å². The molecule has 1 N–H and O–H groups in total. The Balaban J connectivity index is 1.69. The number of benzene rings is 1. The zero-order valence-electron chi connectivity index (χ0n) is 17.3. The lowest BCUT2D eigenvalue weighted by Gasteiger charge is -2.38. The van der Waals surface area contributed by atoms with E-state index >= 15 is 0 Å². The van der Waals surface area contributed by atoms with Crippen molar-refractivity contribution in [3.8, 4) is 23.0 Å². The monoisotopic (exact) mass is 421 g/mol. The molecule has 3 heterocycles. The van der Waals surface area contributed by atoms with Crippen molar-refractivity contribution >= 4 is 12.0 Å². The van der Waals surface area contributed by atoms with E-state index in [1.165, 1.54) is 4.90 Å². The van der Waals surface area contributed by atoms with Gasteiger partial charge in [-0.1, -0.05) is 18.2 Å². The number of methoxy groups -OCH3 is 1. The molecule has 31 heavy (non-hydrogen) atoms. The molecule has 0 saturated carbocycles. The molecule has 9 heteroatoms. The van der Waals surface area contributed by atoms with Crippen LogP contribution in [0.1, 0.15) is 17.4 Å². The second-order valence-electron chi connectivity index (χ2n) is 7.32. The van der Waals surface area contributed by atoms with Crippen LogP contribution in [0, 0.1) is 0 Å². The van der Waals surface area contributed by atoms with Gasteiger partial charge in [-0.25, -0.2) is 14.8 Å². The van der Waals surface area contributed by atoms with Gasteiger partial charge < -0.3 is 19.6 Å². The maximum atomic E-state index is 13.3. The van der Waals surface area contributed by atoms with Crippen LogP contribution in [0.15, 0.2) is 54.9 Å². The Kier molecular flexibility index (Phi) is 5.57. The second kappa shape index (κ2) is 8.47. The number of nitrogens with zero attached hydrogens (tertiary/aromatic N) is 5. The van der Waals surface area contributed by atoms with Crippen molar-refractivity contribution < 1.29 is 19.4 Å². The van der Waals surface area contributed by atoms with E-state index in [9.17, 15) is 14.7 Å². The number of rotatable bonds is 4. The fraction of sp³-hybridized carbons (Fsp3) is 0.273. The summed E-state index contributed by atoms with van der Waals surface area (Å²) in [5, 5.41) is 9.22. The molecule has 1 aliphatic rings. The van der Waals surface area contributed by atoms with Crippen molar-refractivity contribution in [1.29, 1.82) is 0 Å². The van der Waals surface area contributed by atoms with E-state index in [2.05, 4.69) is 9.97 Å². The highest BCUT2D eigenvalue weighted by atomic mass is 16.5.